The predicted octanol–water partition coefficient (Wildman–Crippen LogP) is 2.68. The van der Waals surface area contributed by atoms with Gasteiger partial charge in [0.2, 0.25) is 5.91 Å². The number of aliphatic hydroxyl groups is 1. The summed E-state index contributed by atoms with van der Waals surface area (Å²) < 4.78 is 0. The van der Waals surface area contributed by atoms with Gasteiger partial charge in [-0.2, -0.15) is 0 Å². The van der Waals surface area contributed by atoms with E-state index < -0.39 is 0 Å². The van der Waals surface area contributed by atoms with Crippen molar-refractivity contribution in [2.45, 2.75) is 39.0 Å². The lowest BCUT2D eigenvalue weighted by Gasteiger charge is -2.30. The lowest BCUT2D eigenvalue weighted by molar-refractivity contribution is -0.127. The number of carbonyl (C=O) groups excluding carboxylic acids is 1. The molecule has 2 heterocycles. The fourth-order valence-corrected chi connectivity index (χ4v) is 3.18. The molecule has 0 bridgehead atoms. The van der Waals surface area contributed by atoms with E-state index in [4.69, 9.17) is 5.11 Å². The van der Waals surface area contributed by atoms with Gasteiger partial charge in [0.1, 0.15) is 0 Å². The van der Waals surface area contributed by atoms with Crippen LogP contribution in [0.15, 0.2) is 12.3 Å². The number of thiazole rings is 1. The Labute approximate surface area is 130 Å². The van der Waals surface area contributed by atoms with Crippen LogP contribution in [0.2, 0.25) is 0 Å². The zero-order chi connectivity index (χ0) is 15.5. The zero-order valence-corrected chi connectivity index (χ0v) is 13.8. The van der Waals surface area contributed by atoms with Gasteiger partial charge in [0, 0.05) is 42.3 Å². The van der Waals surface area contributed by atoms with Gasteiger partial charge in [0.15, 0.2) is 0 Å². The topological polar surface area (TPSA) is 53.4 Å². The molecule has 1 aromatic rings. The fourth-order valence-electron chi connectivity index (χ4n) is 2.31. The molecule has 1 amide bonds. The molecular formula is C16H24N2O2S. The van der Waals surface area contributed by atoms with Crippen LogP contribution in [0.3, 0.4) is 0 Å². The number of carbonyl (C=O) groups is 1. The Morgan fingerprint density at radius 2 is 2.14 bits per heavy atom. The molecule has 0 atom stereocenters. The van der Waals surface area contributed by atoms with Crippen LogP contribution in [0.5, 0.6) is 0 Å². The molecular weight excluding hydrogens is 284 g/mol. The maximum absolute atomic E-state index is 12.1. The summed E-state index contributed by atoms with van der Waals surface area (Å²) in [7, 11) is 0. The first kappa shape index (κ1) is 16.2. The van der Waals surface area contributed by atoms with Crippen molar-refractivity contribution in [1.82, 2.24) is 9.88 Å². The summed E-state index contributed by atoms with van der Waals surface area (Å²) in [6.45, 7) is 8.12. The minimum absolute atomic E-state index is 0.0486. The highest BCUT2D eigenvalue weighted by atomic mass is 32.1. The number of hydrogen-bond acceptors (Lipinski definition) is 4. The maximum atomic E-state index is 12.1. The predicted molar refractivity (Wildman–Crippen MR) is 86.2 cm³/mol. The molecule has 1 aromatic heterocycles. The average Bonchev–Trinajstić information content (AvgIpc) is 2.94. The van der Waals surface area contributed by atoms with Crippen LogP contribution in [0, 0.1) is 5.92 Å². The number of hydrogen-bond donors (Lipinski definition) is 1. The van der Waals surface area contributed by atoms with Crippen molar-refractivity contribution in [3.63, 3.8) is 0 Å². The molecule has 2 rings (SSSR count). The molecule has 0 unspecified atom stereocenters. The fraction of sp³-hybridized carbons (Fsp3) is 0.625. The molecule has 1 saturated heterocycles. The molecule has 5 heteroatoms. The second-order valence-corrected chi connectivity index (χ2v) is 7.66. The largest absolute Gasteiger partial charge is 0.396 e. The SMILES string of the molecule is CC(C)(C)c1ncc(/C=C/C(=O)N2CCC(CO)CC2)s1. The van der Waals surface area contributed by atoms with Gasteiger partial charge in [0.05, 0.1) is 5.01 Å². The third-order valence-electron chi connectivity index (χ3n) is 3.74. The first-order valence-electron chi connectivity index (χ1n) is 7.44. The van der Waals surface area contributed by atoms with E-state index in [1.54, 1.807) is 17.4 Å². The van der Waals surface area contributed by atoms with Gasteiger partial charge in [-0.15, -0.1) is 11.3 Å². The lowest BCUT2D eigenvalue weighted by Crippen LogP contribution is -2.38. The monoisotopic (exact) mass is 308 g/mol. The summed E-state index contributed by atoms with van der Waals surface area (Å²) in [4.78, 5) is 19.4. The summed E-state index contributed by atoms with van der Waals surface area (Å²) in [6.07, 6.45) is 7.11. The molecule has 0 radical (unpaired) electrons. The first-order chi connectivity index (χ1) is 9.90. The zero-order valence-electron chi connectivity index (χ0n) is 13.0. The number of nitrogens with zero attached hydrogens (tertiary/aromatic N) is 2. The number of aliphatic hydroxyl groups excluding tert-OH is 1. The van der Waals surface area contributed by atoms with Crippen molar-refractivity contribution in [2.75, 3.05) is 19.7 Å². The maximum Gasteiger partial charge on any atom is 0.246 e. The Hall–Kier alpha value is -1.20. The van der Waals surface area contributed by atoms with Gasteiger partial charge in [-0.3, -0.25) is 4.79 Å². The summed E-state index contributed by atoms with van der Waals surface area (Å²) in [5.74, 6) is 0.408. The molecule has 1 N–H and O–H groups in total. The Morgan fingerprint density at radius 1 is 1.48 bits per heavy atom. The van der Waals surface area contributed by atoms with Crippen LogP contribution in [0.4, 0.5) is 0 Å². The van der Waals surface area contributed by atoms with Crippen LogP contribution < -0.4 is 0 Å². The van der Waals surface area contributed by atoms with Crippen molar-refractivity contribution < 1.29 is 9.90 Å². The second kappa shape index (κ2) is 6.71. The number of amides is 1. The Morgan fingerprint density at radius 3 is 2.67 bits per heavy atom. The quantitative estimate of drug-likeness (QED) is 0.874. The Balaban J connectivity index is 1.92. The molecule has 0 aliphatic carbocycles. The molecule has 21 heavy (non-hydrogen) atoms. The molecule has 0 saturated carbocycles. The number of piperidine rings is 1. The average molecular weight is 308 g/mol. The Kier molecular flexibility index (Phi) is 5.17. The van der Waals surface area contributed by atoms with Gasteiger partial charge in [-0.25, -0.2) is 4.98 Å². The molecule has 0 aromatic carbocycles. The van der Waals surface area contributed by atoms with Crippen molar-refractivity contribution in [2.24, 2.45) is 5.92 Å². The normalized spacial score (nSPS) is 17.6. The van der Waals surface area contributed by atoms with E-state index in [-0.39, 0.29) is 17.9 Å². The van der Waals surface area contributed by atoms with Crippen molar-refractivity contribution in [1.29, 1.82) is 0 Å². The van der Waals surface area contributed by atoms with Gasteiger partial charge in [0.25, 0.3) is 0 Å². The van der Waals surface area contributed by atoms with Crippen LogP contribution in [-0.2, 0) is 10.2 Å². The van der Waals surface area contributed by atoms with E-state index in [2.05, 4.69) is 25.8 Å². The summed E-state index contributed by atoms with van der Waals surface area (Å²) in [6, 6.07) is 0. The number of rotatable bonds is 3. The van der Waals surface area contributed by atoms with E-state index in [1.807, 2.05) is 17.2 Å². The summed E-state index contributed by atoms with van der Waals surface area (Å²) in [5, 5.41) is 10.2. The molecule has 1 aliphatic rings. The standard InChI is InChI=1S/C16H24N2O2S/c1-16(2,3)15-17-10-13(21-15)4-5-14(20)18-8-6-12(11-19)7-9-18/h4-5,10,12,19H,6-9,11H2,1-3H3/b5-4+. The minimum Gasteiger partial charge on any atom is -0.396 e. The summed E-state index contributed by atoms with van der Waals surface area (Å²) in [5.41, 5.74) is 0.0486. The summed E-state index contributed by atoms with van der Waals surface area (Å²) >= 11 is 1.63. The molecule has 1 aliphatic heterocycles. The van der Waals surface area contributed by atoms with Crippen molar-refractivity contribution >= 4 is 23.3 Å². The molecule has 1 fully saturated rings. The molecule has 4 nitrogen and oxygen atoms in total. The van der Waals surface area contributed by atoms with Crippen LogP contribution in [0.25, 0.3) is 6.08 Å². The van der Waals surface area contributed by atoms with E-state index in [0.717, 1.165) is 35.8 Å². The molecule has 116 valence electrons. The van der Waals surface area contributed by atoms with E-state index in [9.17, 15) is 4.79 Å². The van der Waals surface area contributed by atoms with Crippen LogP contribution in [0.1, 0.15) is 43.5 Å². The van der Waals surface area contributed by atoms with Crippen molar-refractivity contribution in [3.05, 3.63) is 22.2 Å². The smallest absolute Gasteiger partial charge is 0.246 e. The van der Waals surface area contributed by atoms with Gasteiger partial charge < -0.3 is 10.0 Å². The highest BCUT2D eigenvalue weighted by Gasteiger charge is 2.21. The van der Waals surface area contributed by atoms with E-state index >= 15 is 0 Å². The highest BCUT2D eigenvalue weighted by Crippen LogP contribution is 2.27. The highest BCUT2D eigenvalue weighted by molar-refractivity contribution is 7.12. The Bertz CT molecular complexity index is 509. The van der Waals surface area contributed by atoms with Gasteiger partial charge in [-0.1, -0.05) is 20.8 Å². The number of likely N-dealkylation sites (tertiary alicyclic amines) is 1. The molecule has 0 spiro atoms. The first-order valence-corrected chi connectivity index (χ1v) is 8.26. The van der Waals surface area contributed by atoms with Crippen LogP contribution in [-0.4, -0.2) is 40.6 Å². The van der Waals surface area contributed by atoms with Crippen LogP contribution >= 0.6 is 11.3 Å². The second-order valence-electron chi connectivity index (χ2n) is 6.60. The minimum atomic E-state index is 0.0486. The van der Waals surface area contributed by atoms with E-state index in [1.165, 1.54) is 0 Å². The van der Waals surface area contributed by atoms with Crippen molar-refractivity contribution in [3.8, 4) is 0 Å². The number of aromatic nitrogens is 1. The van der Waals surface area contributed by atoms with Gasteiger partial charge >= 0.3 is 0 Å². The lowest BCUT2D eigenvalue weighted by atomic mass is 9.98. The van der Waals surface area contributed by atoms with Gasteiger partial charge in [-0.05, 0) is 24.8 Å². The third-order valence-corrected chi connectivity index (χ3v) is 5.13. The third kappa shape index (κ3) is 4.38. The van der Waals surface area contributed by atoms with E-state index in [0.29, 0.717) is 5.92 Å².